The molecule has 1 aromatic carbocycles. The highest BCUT2D eigenvalue weighted by Crippen LogP contribution is 2.22. The normalized spacial score (nSPS) is 13.1. The number of carbonyl (C=O) groups is 2. The van der Waals surface area contributed by atoms with Gasteiger partial charge >= 0.3 is 5.97 Å². The molecule has 1 unspecified atom stereocenters. The van der Waals surface area contributed by atoms with Gasteiger partial charge in [-0.2, -0.15) is 0 Å². The van der Waals surface area contributed by atoms with Crippen molar-refractivity contribution in [2.45, 2.75) is 32.7 Å². The van der Waals surface area contributed by atoms with Crippen LogP contribution in [0.3, 0.4) is 0 Å². The van der Waals surface area contributed by atoms with Gasteiger partial charge in [0.1, 0.15) is 0 Å². The average molecular weight is 377 g/mol. The zero-order valence-corrected chi connectivity index (χ0v) is 14.5. The number of ether oxygens (including phenoxy) is 1. The number of ketones is 1. The fraction of sp³-hybridized carbons (Fsp3) is 0.471. The van der Waals surface area contributed by atoms with E-state index in [0.29, 0.717) is 0 Å². The molecule has 0 saturated carbocycles. The zero-order valence-electron chi connectivity index (χ0n) is 14.5. The molecule has 0 radical (unpaired) electrons. The van der Waals surface area contributed by atoms with E-state index in [-0.39, 0.29) is 25.7 Å². The van der Waals surface area contributed by atoms with Crippen LogP contribution in [0.5, 0.6) is 0 Å². The topological polar surface area (TPSA) is 76.0 Å². The smallest absolute Gasteiger partial charge is 0.322 e. The number of rotatable bonds is 8. The summed E-state index contributed by atoms with van der Waals surface area (Å²) in [6.45, 7) is 4.34. The van der Waals surface area contributed by atoms with Gasteiger partial charge in [0.15, 0.2) is 35.0 Å². The summed E-state index contributed by atoms with van der Waals surface area (Å²) in [5.41, 5.74) is -2.00. The van der Waals surface area contributed by atoms with Gasteiger partial charge in [0.2, 0.25) is 0 Å². The van der Waals surface area contributed by atoms with E-state index in [2.05, 4.69) is 4.99 Å². The van der Waals surface area contributed by atoms with Crippen LogP contribution in [0.25, 0.3) is 0 Å². The number of nitrogens with zero attached hydrogens (tertiary/aromatic N) is 1. The maximum absolute atomic E-state index is 13.9. The Bertz CT molecular complexity index is 719. The van der Waals surface area contributed by atoms with Gasteiger partial charge in [-0.3, -0.25) is 14.6 Å². The van der Waals surface area contributed by atoms with E-state index < -0.39 is 52.0 Å². The Morgan fingerprint density at radius 1 is 1.23 bits per heavy atom. The maximum atomic E-state index is 13.9. The molecule has 26 heavy (non-hydrogen) atoms. The number of benzene rings is 1. The SMILES string of the molecule is CCOC(=O)C(C=NC(C)(C)CCO)C(=O)c1cc(F)c(F)c(F)c1F. The van der Waals surface area contributed by atoms with Crippen LogP contribution in [-0.4, -0.2) is 41.8 Å². The Morgan fingerprint density at radius 2 is 1.85 bits per heavy atom. The van der Waals surface area contributed by atoms with Gasteiger partial charge in [-0.25, -0.2) is 17.6 Å². The summed E-state index contributed by atoms with van der Waals surface area (Å²) >= 11 is 0. The molecular formula is C17H19F4NO4. The molecule has 0 bridgehead atoms. The van der Waals surface area contributed by atoms with Gasteiger partial charge in [0, 0.05) is 12.8 Å². The van der Waals surface area contributed by atoms with E-state index in [9.17, 15) is 27.2 Å². The minimum Gasteiger partial charge on any atom is -0.465 e. The number of aliphatic imine (C=N–C) groups is 1. The molecule has 9 heteroatoms. The van der Waals surface area contributed by atoms with E-state index >= 15 is 0 Å². The minimum atomic E-state index is -2.16. The van der Waals surface area contributed by atoms with Gasteiger partial charge in [-0.1, -0.05) is 0 Å². The molecule has 1 N–H and O–H groups in total. The van der Waals surface area contributed by atoms with E-state index in [1.165, 1.54) is 6.92 Å². The summed E-state index contributed by atoms with van der Waals surface area (Å²) in [5.74, 6) is -12.1. The Kier molecular flexibility index (Phi) is 7.43. The molecule has 5 nitrogen and oxygen atoms in total. The summed E-state index contributed by atoms with van der Waals surface area (Å²) in [6, 6.07) is 0.176. The maximum Gasteiger partial charge on any atom is 0.322 e. The van der Waals surface area contributed by atoms with Gasteiger partial charge in [-0.15, -0.1) is 0 Å². The van der Waals surface area contributed by atoms with Crippen molar-refractivity contribution in [2.24, 2.45) is 10.9 Å². The van der Waals surface area contributed by atoms with Gasteiger partial charge in [0.05, 0.1) is 17.7 Å². The first-order valence-electron chi connectivity index (χ1n) is 7.75. The number of hydrogen-bond acceptors (Lipinski definition) is 5. The summed E-state index contributed by atoms with van der Waals surface area (Å²) < 4.78 is 58.4. The molecule has 0 fully saturated rings. The van der Waals surface area contributed by atoms with Crippen LogP contribution in [0.2, 0.25) is 0 Å². The molecule has 1 rings (SSSR count). The molecule has 0 aliphatic heterocycles. The van der Waals surface area contributed by atoms with Crippen LogP contribution in [0, 0.1) is 29.2 Å². The third-order valence-corrected chi connectivity index (χ3v) is 3.49. The predicted octanol–water partition coefficient (Wildman–Crippen LogP) is 2.84. The summed E-state index contributed by atoms with van der Waals surface area (Å²) in [5, 5.41) is 8.97. The van der Waals surface area contributed by atoms with Gasteiger partial charge in [0.25, 0.3) is 0 Å². The Morgan fingerprint density at radius 3 is 2.38 bits per heavy atom. The molecule has 0 aromatic heterocycles. The lowest BCUT2D eigenvalue weighted by Crippen LogP contribution is -2.30. The lowest BCUT2D eigenvalue weighted by atomic mass is 9.96. The van der Waals surface area contributed by atoms with Crippen LogP contribution >= 0.6 is 0 Å². The monoisotopic (exact) mass is 377 g/mol. The molecule has 144 valence electrons. The molecule has 0 saturated heterocycles. The second-order valence-electron chi connectivity index (χ2n) is 6.01. The molecule has 0 spiro atoms. The highest BCUT2D eigenvalue weighted by atomic mass is 19.2. The highest BCUT2D eigenvalue weighted by Gasteiger charge is 2.33. The van der Waals surface area contributed by atoms with Crippen LogP contribution in [-0.2, 0) is 9.53 Å². The third-order valence-electron chi connectivity index (χ3n) is 3.49. The van der Waals surface area contributed by atoms with Gasteiger partial charge < -0.3 is 9.84 Å². The van der Waals surface area contributed by atoms with Crippen molar-refractivity contribution in [3.05, 3.63) is 34.9 Å². The minimum absolute atomic E-state index is 0.106. The van der Waals surface area contributed by atoms with Crippen LogP contribution in [0.15, 0.2) is 11.1 Å². The first kappa shape index (κ1) is 21.8. The van der Waals surface area contributed by atoms with E-state index in [4.69, 9.17) is 9.84 Å². The third kappa shape index (κ3) is 5.10. The lowest BCUT2D eigenvalue weighted by molar-refractivity contribution is -0.143. The number of esters is 1. The molecule has 0 aliphatic carbocycles. The number of carbonyl (C=O) groups excluding carboxylic acids is 2. The fourth-order valence-electron chi connectivity index (χ4n) is 2.00. The molecule has 1 atom stereocenters. The van der Waals surface area contributed by atoms with E-state index in [1.54, 1.807) is 13.8 Å². The van der Waals surface area contributed by atoms with Crippen molar-refractivity contribution in [1.82, 2.24) is 0 Å². The first-order valence-corrected chi connectivity index (χ1v) is 7.75. The number of hydrogen-bond donors (Lipinski definition) is 1. The average Bonchev–Trinajstić information content (AvgIpc) is 2.56. The molecule has 0 amide bonds. The zero-order chi connectivity index (χ0) is 20.1. The molecular weight excluding hydrogens is 358 g/mol. The Balaban J connectivity index is 3.34. The van der Waals surface area contributed by atoms with Gasteiger partial charge in [-0.05, 0) is 33.3 Å². The largest absolute Gasteiger partial charge is 0.465 e. The van der Waals surface area contributed by atoms with E-state index in [0.717, 1.165) is 6.21 Å². The van der Waals surface area contributed by atoms with Crippen LogP contribution < -0.4 is 0 Å². The summed E-state index contributed by atoms with van der Waals surface area (Å²) in [6.07, 6.45) is 1.07. The predicted molar refractivity (Wildman–Crippen MR) is 85.0 cm³/mol. The number of halogens is 4. The number of aliphatic hydroxyl groups excluding tert-OH is 1. The van der Waals surface area contributed by atoms with Crippen molar-refractivity contribution in [1.29, 1.82) is 0 Å². The quantitative estimate of drug-likeness (QED) is 0.144. The standard InChI is InChI=1S/C17H19F4NO4/c1-4-26-16(25)10(8-22-17(2,3)5-6-23)15(24)9-7-11(18)13(20)14(21)12(9)19/h7-8,10,23H,4-6H2,1-3H3. The molecule has 1 aromatic rings. The second kappa shape index (κ2) is 8.88. The van der Waals surface area contributed by atoms with Crippen molar-refractivity contribution >= 4 is 18.0 Å². The van der Waals surface area contributed by atoms with Crippen molar-refractivity contribution < 1.29 is 37.0 Å². The number of Topliss-reactive ketones (excluding diaryl/α,β-unsaturated/α-hetero) is 1. The Hall–Kier alpha value is -2.29. The summed E-state index contributed by atoms with van der Waals surface area (Å²) in [7, 11) is 0. The van der Waals surface area contributed by atoms with Crippen molar-refractivity contribution in [3.63, 3.8) is 0 Å². The number of aliphatic hydroxyl groups is 1. The lowest BCUT2D eigenvalue weighted by Gasteiger charge is -2.19. The highest BCUT2D eigenvalue weighted by molar-refractivity contribution is 6.18. The second-order valence-corrected chi connectivity index (χ2v) is 6.01. The van der Waals surface area contributed by atoms with Crippen molar-refractivity contribution in [3.8, 4) is 0 Å². The molecule has 0 heterocycles. The van der Waals surface area contributed by atoms with Crippen LogP contribution in [0.1, 0.15) is 37.6 Å². The first-order chi connectivity index (χ1) is 12.1. The fourth-order valence-corrected chi connectivity index (χ4v) is 2.00. The van der Waals surface area contributed by atoms with E-state index in [1.807, 2.05) is 0 Å². The molecule has 0 aliphatic rings. The summed E-state index contributed by atoms with van der Waals surface area (Å²) in [4.78, 5) is 28.4. The van der Waals surface area contributed by atoms with Crippen LogP contribution in [0.4, 0.5) is 17.6 Å². The Labute approximate surface area is 147 Å². The van der Waals surface area contributed by atoms with Crippen molar-refractivity contribution in [2.75, 3.05) is 13.2 Å².